The number of benzene rings is 1. The number of Topliss-reactive ketones (excluding diaryl/α,β-unsaturated/α-hetero) is 1. The SMILES string of the molecule is O=C(c1nc2n(n1)[C@H](c1c(F)cccc1F)C[C@@H]2F)C1CC1. The first-order chi connectivity index (χ1) is 10.6. The van der Waals surface area contributed by atoms with E-state index in [0.717, 1.165) is 29.7 Å². The van der Waals surface area contributed by atoms with E-state index in [4.69, 9.17) is 0 Å². The van der Waals surface area contributed by atoms with Crippen LogP contribution in [0.4, 0.5) is 13.2 Å². The molecule has 0 unspecified atom stereocenters. The maximum absolute atomic E-state index is 14.1. The molecule has 1 aromatic carbocycles. The van der Waals surface area contributed by atoms with Crippen LogP contribution in [0.1, 0.15) is 53.5 Å². The first-order valence-corrected chi connectivity index (χ1v) is 7.15. The molecule has 1 fully saturated rings. The molecular formula is C15H12F3N3O. The summed E-state index contributed by atoms with van der Waals surface area (Å²) in [5.74, 6) is -1.91. The normalized spacial score (nSPS) is 23.6. The average Bonchev–Trinajstić information content (AvgIpc) is 3.16. The highest BCUT2D eigenvalue weighted by Gasteiger charge is 2.40. The van der Waals surface area contributed by atoms with Crippen molar-refractivity contribution < 1.29 is 18.0 Å². The second kappa shape index (κ2) is 4.66. The highest BCUT2D eigenvalue weighted by Crippen LogP contribution is 2.41. The lowest BCUT2D eigenvalue weighted by Crippen LogP contribution is -2.13. The molecule has 0 amide bonds. The van der Waals surface area contributed by atoms with Crippen LogP contribution >= 0.6 is 0 Å². The Bertz CT molecular complexity index is 749. The standard InChI is InChI=1S/C15H12F3N3O/c16-8-2-1-3-9(17)12(8)11-6-10(18)15-19-14(20-21(11)15)13(22)7-4-5-7/h1-3,7,10-11H,4-6H2/t10-,11-/m0/s1. The summed E-state index contributed by atoms with van der Waals surface area (Å²) in [7, 11) is 0. The van der Waals surface area contributed by atoms with Crippen molar-refractivity contribution in [3.8, 4) is 0 Å². The van der Waals surface area contributed by atoms with E-state index >= 15 is 0 Å². The van der Waals surface area contributed by atoms with Gasteiger partial charge in [0.1, 0.15) is 11.6 Å². The van der Waals surface area contributed by atoms with Crippen molar-refractivity contribution in [2.75, 3.05) is 0 Å². The van der Waals surface area contributed by atoms with E-state index < -0.39 is 23.8 Å². The fourth-order valence-corrected chi connectivity index (χ4v) is 2.88. The Labute approximate surface area is 124 Å². The van der Waals surface area contributed by atoms with Crippen molar-refractivity contribution in [2.24, 2.45) is 5.92 Å². The Kier molecular flexibility index (Phi) is 2.85. The minimum Gasteiger partial charge on any atom is -0.290 e. The van der Waals surface area contributed by atoms with E-state index in [-0.39, 0.29) is 35.3 Å². The Morgan fingerprint density at radius 2 is 1.91 bits per heavy atom. The van der Waals surface area contributed by atoms with Gasteiger partial charge in [-0.25, -0.2) is 22.8 Å². The zero-order chi connectivity index (χ0) is 15.4. The summed E-state index contributed by atoms with van der Waals surface area (Å²) in [5, 5.41) is 4.03. The van der Waals surface area contributed by atoms with Crippen molar-refractivity contribution in [3.05, 3.63) is 47.0 Å². The second-order valence-corrected chi connectivity index (χ2v) is 5.73. The fourth-order valence-electron chi connectivity index (χ4n) is 2.88. The highest BCUT2D eigenvalue weighted by atomic mass is 19.1. The van der Waals surface area contributed by atoms with Crippen molar-refractivity contribution in [1.29, 1.82) is 0 Å². The van der Waals surface area contributed by atoms with Gasteiger partial charge >= 0.3 is 0 Å². The van der Waals surface area contributed by atoms with E-state index in [1.807, 2.05) is 0 Å². The second-order valence-electron chi connectivity index (χ2n) is 5.73. The van der Waals surface area contributed by atoms with Crippen LogP contribution in [0, 0.1) is 17.6 Å². The van der Waals surface area contributed by atoms with E-state index in [0.29, 0.717) is 0 Å². The van der Waals surface area contributed by atoms with E-state index in [1.54, 1.807) is 0 Å². The summed E-state index contributed by atoms with van der Waals surface area (Å²) in [6, 6.07) is 2.58. The lowest BCUT2D eigenvalue weighted by Gasteiger charge is -2.13. The molecule has 1 saturated carbocycles. The number of alkyl halides is 1. The number of hydrogen-bond donors (Lipinski definition) is 0. The van der Waals surface area contributed by atoms with Crippen LogP contribution in [0.3, 0.4) is 0 Å². The molecule has 2 atom stereocenters. The van der Waals surface area contributed by atoms with Crippen molar-refractivity contribution in [1.82, 2.24) is 14.8 Å². The van der Waals surface area contributed by atoms with Gasteiger partial charge in [0.15, 0.2) is 12.0 Å². The number of hydrogen-bond acceptors (Lipinski definition) is 3. The zero-order valence-corrected chi connectivity index (χ0v) is 11.5. The number of rotatable bonds is 3. The molecule has 1 aliphatic carbocycles. The molecule has 0 bridgehead atoms. The number of nitrogens with zero attached hydrogens (tertiary/aromatic N) is 3. The smallest absolute Gasteiger partial charge is 0.217 e. The molecule has 0 radical (unpaired) electrons. The van der Waals surface area contributed by atoms with Gasteiger partial charge < -0.3 is 0 Å². The molecule has 0 spiro atoms. The zero-order valence-electron chi connectivity index (χ0n) is 11.5. The summed E-state index contributed by atoms with van der Waals surface area (Å²) in [4.78, 5) is 15.9. The predicted molar refractivity (Wildman–Crippen MR) is 70.0 cm³/mol. The van der Waals surface area contributed by atoms with Gasteiger partial charge in [-0.05, 0) is 25.0 Å². The number of carbonyl (C=O) groups is 1. The van der Waals surface area contributed by atoms with Crippen LogP contribution in [-0.2, 0) is 0 Å². The monoisotopic (exact) mass is 307 g/mol. The van der Waals surface area contributed by atoms with Gasteiger partial charge in [-0.3, -0.25) is 4.79 Å². The summed E-state index contributed by atoms with van der Waals surface area (Å²) in [6.45, 7) is 0. The fraction of sp³-hybridized carbons (Fsp3) is 0.400. The molecule has 4 nitrogen and oxygen atoms in total. The third kappa shape index (κ3) is 1.95. The molecular weight excluding hydrogens is 295 g/mol. The maximum atomic E-state index is 14.1. The van der Waals surface area contributed by atoms with Crippen LogP contribution in [0.5, 0.6) is 0 Å². The van der Waals surface area contributed by atoms with Gasteiger partial charge in [0.05, 0.1) is 6.04 Å². The van der Waals surface area contributed by atoms with Gasteiger partial charge in [-0.15, -0.1) is 5.10 Å². The van der Waals surface area contributed by atoms with Crippen LogP contribution < -0.4 is 0 Å². The molecule has 1 aromatic heterocycles. The number of carbonyl (C=O) groups excluding carboxylic acids is 1. The Morgan fingerprint density at radius 1 is 1.23 bits per heavy atom. The minimum atomic E-state index is -1.49. The highest BCUT2D eigenvalue weighted by molar-refractivity contribution is 5.95. The van der Waals surface area contributed by atoms with E-state index in [1.165, 1.54) is 6.07 Å². The van der Waals surface area contributed by atoms with Crippen molar-refractivity contribution >= 4 is 5.78 Å². The van der Waals surface area contributed by atoms with Crippen LogP contribution in [-0.4, -0.2) is 20.5 Å². The van der Waals surface area contributed by atoms with Gasteiger partial charge in [0.25, 0.3) is 0 Å². The van der Waals surface area contributed by atoms with E-state index in [2.05, 4.69) is 10.1 Å². The quantitative estimate of drug-likeness (QED) is 0.818. The first-order valence-electron chi connectivity index (χ1n) is 7.15. The Balaban J connectivity index is 1.78. The summed E-state index contributed by atoms with van der Waals surface area (Å²) in [6.07, 6.45) is -0.0528. The minimum absolute atomic E-state index is 0.0309. The number of halogens is 3. The molecule has 114 valence electrons. The summed E-state index contributed by atoms with van der Waals surface area (Å²) in [5.41, 5.74) is -0.237. The number of ketones is 1. The van der Waals surface area contributed by atoms with Gasteiger partial charge in [0, 0.05) is 17.9 Å². The van der Waals surface area contributed by atoms with E-state index in [9.17, 15) is 18.0 Å². The topological polar surface area (TPSA) is 47.8 Å². The van der Waals surface area contributed by atoms with Gasteiger partial charge in [-0.2, -0.15) is 0 Å². The van der Waals surface area contributed by atoms with Gasteiger partial charge in [-0.1, -0.05) is 6.07 Å². The predicted octanol–water partition coefficient (Wildman–Crippen LogP) is 3.15. The lowest BCUT2D eigenvalue weighted by atomic mass is 10.0. The molecule has 1 aliphatic heterocycles. The molecule has 22 heavy (non-hydrogen) atoms. The molecule has 4 rings (SSSR count). The average molecular weight is 307 g/mol. The molecule has 2 aliphatic rings. The van der Waals surface area contributed by atoms with Gasteiger partial charge in [0.2, 0.25) is 11.6 Å². The number of aromatic nitrogens is 3. The van der Waals surface area contributed by atoms with Crippen LogP contribution in [0.2, 0.25) is 0 Å². The largest absolute Gasteiger partial charge is 0.290 e. The Hall–Kier alpha value is -2.18. The van der Waals surface area contributed by atoms with Crippen LogP contribution in [0.25, 0.3) is 0 Å². The maximum Gasteiger partial charge on any atom is 0.217 e. The molecule has 2 aromatic rings. The third-order valence-electron chi connectivity index (χ3n) is 4.16. The van der Waals surface area contributed by atoms with Crippen LogP contribution in [0.15, 0.2) is 18.2 Å². The Morgan fingerprint density at radius 3 is 2.55 bits per heavy atom. The lowest BCUT2D eigenvalue weighted by molar-refractivity contribution is 0.0956. The molecule has 7 heteroatoms. The molecule has 2 heterocycles. The summed E-state index contributed by atoms with van der Waals surface area (Å²) >= 11 is 0. The summed E-state index contributed by atoms with van der Waals surface area (Å²) < 4.78 is 43.2. The van der Waals surface area contributed by atoms with Crippen molar-refractivity contribution in [2.45, 2.75) is 31.5 Å². The molecule has 0 saturated heterocycles. The van der Waals surface area contributed by atoms with Crippen molar-refractivity contribution in [3.63, 3.8) is 0 Å². The first kappa shape index (κ1) is 13.5. The number of fused-ring (bicyclic) bond motifs is 1. The third-order valence-corrected chi connectivity index (χ3v) is 4.16. The molecule has 0 N–H and O–H groups in total.